The van der Waals surface area contributed by atoms with Crippen molar-refractivity contribution in [3.63, 3.8) is 0 Å². The summed E-state index contributed by atoms with van der Waals surface area (Å²) in [6.07, 6.45) is 5.89. The van der Waals surface area contributed by atoms with Crippen molar-refractivity contribution in [2.45, 2.75) is 57.5 Å². The maximum absolute atomic E-state index is 6.26. The number of nitrogens with zero attached hydrogens (tertiary/aromatic N) is 1. The van der Waals surface area contributed by atoms with Crippen LogP contribution in [0.3, 0.4) is 0 Å². The van der Waals surface area contributed by atoms with Crippen LogP contribution >= 0.6 is 0 Å². The van der Waals surface area contributed by atoms with Crippen LogP contribution in [0.4, 0.5) is 0 Å². The molecule has 1 aromatic heterocycles. The number of ether oxygens (including phenoxy) is 1. The largest absolute Gasteiger partial charge is 0.379 e. The van der Waals surface area contributed by atoms with Crippen molar-refractivity contribution in [2.75, 3.05) is 13.2 Å². The molecule has 0 aromatic carbocycles. The summed E-state index contributed by atoms with van der Waals surface area (Å²) < 4.78 is 8.26. The predicted octanol–water partition coefficient (Wildman–Crippen LogP) is 2.66. The van der Waals surface area contributed by atoms with Crippen molar-refractivity contribution in [3.05, 3.63) is 23.0 Å². The Labute approximate surface area is 109 Å². The smallest absolute Gasteiger partial charge is 0.0699 e. The van der Waals surface area contributed by atoms with E-state index in [4.69, 9.17) is 10.5 Å². The summed E-state index contributed by atoms with van der Waals surface area (Å²) in [6, 6.07) is 2.54. The highest BCUT2D eigenvalue weighted by molar-refractivity contribution is 5.34. The molecule has 2 atom stereocenters. The summed E-state index contributed by atoms with van der Waals surface area (Å²) in [7, 11) is 0. The fourth-order valence-corrected chi connectivity index (χ4v) is 3.78. The lowest BCUT2D eigenvalue weighted by Gasteiger charge is -2.38. The highest BCUT2D eigenvalue weighted by Crippen LogP contribution is 2.37. The molecule has 2 heterocycles. The van der Waals surface area contributed by atoms with Crippen molar-refractivity contribution in [1.29, 1.82) is 0 Å². The number of fused-ring (bicyclic) bond motifs is 1. The number of aryl methyl sites for hydroxylation is 1. The van der Waals surface area contributed by atoms with E-state index in [0.717, 1.165) is 26.1 Å². The van der Waals surface area contributed by atoms with Gasteiger partial charge >= 0.3 is 0 Å². The molecule has 1 saturated heterocycles. The van der Waals surface area contributed by atoms with E-state index in [1.807, 2.05) is 0 Å². The fraction of sp³-hybridized carbons (Fsp3) is 0.733. The van der Waals surface area contributed by atoms with Crippen LogP contribution in [0.2, 0.25) is 0 Å². The van der Waals surface area contributed by atoms with Gasteiger partial charge in [0.15, 0.2) is 0 Å². The van der Waals surface area contributed by atoms with E-state index >= 15 is 0 Å². The zero-order chi connectivity index (χ0) is 12.8. The van der Waals surface area contributed by atoms with Crippen molar-refractivity contribution in [3.8, 4) is 0 Å². The topological polar surface area (TPSA) is 40.2 Å². The highest BCUT2D eigenvalue weighted by Gasteiger charge is 2.34. The molecule has 1 aromatic rings. The van der Waals surface area contributed by atoms with Crippen LogP contribution in [0.1, 0.15) is 55.6 Å². The van der Waals surface area contributed by atoms with Gasteiger partial charge < -0.3 is 15.0 Å². The molecule has 2 aliphatic rings. The average Bonchev–Trinajstić information content (AvgIpc) is 2.68. The molecule has 18 heavy (non-hydrogen) atoms. The maximum atomic E-state index is 6.26. The minimum atomic E-state index is 0.132. The molecule has 0 radical (unpaired) electrons. The minimum Gasteiger partial charge on any atom is -0.379 e. The van der Waals surface area contributed by atoms with Gasteiger partial charge in [0.25, 0.3) is 0 Å². The van der Waals surface area contributed by atoms with Crippen LogP contribution in [-0.4, -0.2) is 17.8 Å². The van der Waals surface area contributed by atoms with Crippen molar-refractivity contribution in [1.82, 2.24) is 4.57 Å². The molecule has 2 N–H and O–H groups in total. The third-order valence-corrected chi connectivity index (χ3v) is 4.61. The summed E-state index contributed by atoms with van der Waals surface area (Å²) in [4.78, 5) is 0. The van der Waals surface area contributed by atoms with Gasteiger partial charge in [-0.3, -0.25) is 0 Å². The van der Waals surface area contributed by atoms with E-state index in [9.17, 15) is 0 Å². The standard InChI is InChI=1S/C15H24N2O/c1-11-9-12-13(16)5-3-6-14(12)17(11)15(2)7-4-8-18-10-15/h9,13H,3-8,10,16H2,1-2H3. The summed E-state index contributed by atoms with van der Waals surface area (Å²) in [5.74, 6) is 0. The van der Waals surface area contributed by atoms with Gasteiger partial charge in [0.05, 0.1) is 12.1 Å². The number of hydrogen-bond acceptors (Lipinski definition) is 2. The fourth-order valence-electron chi connectivity index (χ4n) is 3.78. The Balaban J connectivity index is 2.06. The lowest BCUT2D eigenvalue weighted by molar-refractivity contribution is 0.00737. The summed E-state index contributed by atoms with van der Waals surface area (Å²) in [5, 5.41) is 0. The van der Waals surface area contributed by atoms with Crippen LogP contribution in [0.15, 0.2) is 6.07 Å². The Morgan fingerprint density at radius 1 is 1.44 bits per heavy atom. The molecule has 0 spiro atoms. The normalized spacial score (nSPS) is 32.3. The Bertz CT molecular complexity index is 444. The van der Waals surface area contributed by atoms with Crippen molar-refractivity contribution >= 4 is 0 Å². The molecule has 3 rings (SSSR count). The number of nitrogens with two attached hydrogens (primary N) is 1. The third kappa shape index (κ3) is 1.81. The highest BCUT2D eigenvalue weighted by atomic mass is 16.5. The number of aromatic nitrogens is 1. The first-order valence-corrected chi connectivity index (χ1v) is 7.17. The second-order valence-electron chi connectivity index (χ2n) is 6.17. The summed E-state index contributed by atoms with van der Waals surface area (Å²) in [5.41, 5.74) is 10.6. The quantitative estimate of drug-likeness (QED) is 0.830. The van der Waals surface area contributed by atoms with Crippen molar-refractivity contribution in [2.24, 2.45) is 5.73 Å². The Morgan fingerprint density at radius 3 is 3.00 bits per heavy atom. The molecule has 100 valence electrons. The first-order chi connectivity index (χ1) is 8.62. The molecule has 3 nitrogen and oxygen atoms in total. The Kier molecular flexibility index (Phi) is 2.99. The minimum absolute atomic E-state index is 0.132. The summed E-state index contributed by atoms with van der Waals surface area (Å²) >= 11 is 0. The lowest BCUT2D eigenvalue weighted by atomic mass is 9.90. The van der Waals surface area contributed by atoms with Gasteiger partial charge in [0.2, 0.25) is 0 Å². The Morgan fingerprint density at radius 2 is 2.28 bits per heavy atom. The SMILES string of the molecule is Cc1cc2c(n1C1(C)CCCOC1)CCCC2N. The van der Waals surface area contributed by atoms with Gasteiger partial charge in [-0.15, -0.1) is 0 Å². The van der Waals surface area contributed by atoms with E-state index in [-0.39, 0.29) is 11.6 Å². The van der Waals surface area contributed by atoms with Gasteiger partial charge in [-0.25, -0.2) is 0 Å². The van der Waals surface area contributed by atoms with Gasteiger partial charge in [-0.1, -0.05) is 0 Å². The lowest BCUT2D eigenvalue weighted by Crippen LogP contribution is -2.41. The molecule has 1 aliphatic carbocycles. The van der Waals surface area contributed by atoms with Crippen LogP contribution in [0, 0.1) is 6.92 Å². The zero-order valence-electron chi connectivity index (χ0n) is 11.5. The Hall–Kier alpha value is -0.800. The molecule has 1 fully saturated rings. The molecular weight excluding hydrogens is 224 g/mol. The molecule has 0 bridgehead atoms. The van der Waals surface area contributed by atoms with Gasteiger partial charge in [-0.05, 0) is 57.6 Å². The maximum Gasteiger partial charge on any atom is 0.0699 e. The van der Waals surface area contributed by atoms with E-state index < -0.39 is 0 Å². The van der Waals surface area contributed by atoms with Gasteiger partial charge in [0.1, 0.15) is 0 Å². The van der Waals surface area contributed by atoms with Crippen LogP contribution in [0.5, 0.6) is 0 Å². The number of hydrogen-bond donors (Lipinski definition) is 1. The van der Waals surface area contributed by atoms with E-state index in [1.54, 1.807) is 0 Å². The number of rotatable bonds is 1. The molecule has 0 amide bonds. The van der Waals surface area contributed by atoms with E-state index in [0.29, 0.717) is 0 Å². The second-order valence-corrected chi connectivity index (χ2v) is 6.17. The average molecular weight is 248 g/mol. The monoisotopic (exact) mass is 248 g/mol. The molecule has 2 unspecified atom stereocenters. The van der Waals surface area contributed by atoms with Gasteiger partial charge in [0, 0.05) is 24.0 Å². The summed E-state index contributed by atoms with van der Waals surface area (Å²) in [6.45, 7) is 6.30. The van der Waals surface area contributed by atoms with E-state index in [1.165, 1.54) is 36.2 Å². The molecule has 1 aliphatic heterocycles. The third-order valence-electron chi connectivity index (χ3n) is 4.61. The van der Waals surface area contributed by atoms with Crippen LogP contribution in [-0.2, 0) is 16.7 Å². The molecule has 0 saturated carbocycles. The first-order valence-electron chi connectivity index (χ1n) is 7.17. The van der Waals surface area contributed by atoms with Crippen LogP contribution < -0.4 is 5.73 Å². The first kappa shape index (κ1) is 12.2. The van der Waals surface area contributed by atoms with E-state index in [2.05, 4.69) is 24.5 Å². The van der Waals surface area contributed by atoms with Gasteiger partial charge in [-0.2, -0.15) is 0 Å². The van der Waals surface area contributed by atoms with Crippen LogP contribution in [0.25, 0.3) is 0 Å². The van der Waals surface area contributed by atoms with Crippen molar-refractivity contribution < 1.29 is 4.74 Å². The second kappa shape index (κ2) is 4.39. The molecule has 3 heteroatoms. The predicted molar refractivity (Wildman–Crippen MR) is 72.7 cm³/mol. The zero-order valence-corrected chi connectivity index (χ0v) is 11.5. The molecular formula is C15H24N2O.